The molecule has 0 bridgehead atoms. The maximum absolute atomic E-state index is 9.76. The number of nitrogens with two attached hydrogens (primary N) is 1. The maximum atomic E-state index is 9.76. The second-order valence-corrected chi connectivity index (χ2v) is 7.43. The summed E-state index contributed by atoms with van der Waals surface area (Å²) in [5, 5.41) is 17.1. The molecule has 1 unspecified atom stereocenters. The molecule has 2 aromatic carbocycles. The van der Waals surface area contributed by atoms with Crippen molar-refractivity contribution in [2.24, 2.45) is 0 Å². The number of aromatic nitrogens is 2. The van der Waals surface area contributed by atoms with Crippen LogP contribution < -0.4 is 16.4 Å². The Balaban J connectivity index is 1.93. The second kappa shape index (κ2) is 9.49. The Morgan fingerprint density at radius 1 is 1.20 bits per heavy atom. The Kier molecular flexibility index (Phi) is 6.78. The summed E-state index contributed by atoms with van der Waals surface area (Å²) in [5.74, 6) is 0.458. The van der Waals surface area contributed by atoms with Crippen molar-refractivity contribution in [2.45, 2.75) is 12.8 Å². The minimum Gasteiger partial charge on any atom is -0.393 e. The van der Waals surface area contributed by atoms with E-state index < -0.39 is 5.92 Å². The molecule has 0 amide bonds. The monoisotopic (exact) mass is 438 g/mol. The first-order valence-corrected chi connectivity index (χ1v) is 9.87. The van der Waals surface area contributed by atoms with Gasteiger partial charge >= 0.3 is 0 Å². The quantitative estimate of drug-likeness (QED) is 0.410. The molecule has 0 saturated carbocycles. The van der Waals surface area contributed by atoms with Crippen molar-refractivity contribution >= 4 is 46.2 Å². The zero-order chi connectivity index (χ0) is 21.7. The highest BCUT2D eigenvalue weighted by atomic mass is 35.5. The summed E-state index contributed by atoms with van der Waals surface area (Å²) < 4.78 is 0. The molecule has 1 atom stereocenters. The molecule has 0 radical (unpaired) electrons. The minimum atomic E-state index is -0.513. The molecule has 0 fully saturated rings. The van der Waals surface area contributed by atoms with Crippen LogP contribution in [-0.4, -0.2) is 16.5 Å². The average molecular weight is 439 g/mol. The first kappa shape index (κ1) is 21.4. The van der Waals surface area contributed by atoms with Gasteiger partial charge in [0, 0.05) is 22.3 Å². The van der Waals surface area contributed by atoms with Crippen LogP contribution in [0.15, 0.2) is 55.4 Å². The van der Waals surface area contributed by atoms with Crippen molar-refractivity contribution in [1.29, 1.82) is 5.26 Å². The van der Waals surface area contributed by atoms with Gasteiger partial charge in [0.2, 0.25) is 0 Å². The van der Waals surface area contributed by atoms with Crippen LogP contribution in [0.25, 0.3) is 0 Å². The Labute approximate surface area is 185 Å². The fraction of sp³-hybridized carbons (Fsp3) is 0.136. The number of halogens is 2. The summed E-state index contributed by atoms with van der Waals surface area (Å²) in [4.78, 5) is 8.36. The van der Waals surface area contributed by atoms with E-state index in [-0.39, 0.29) is 0 Å². The van der Waals surface area contributed by atoms with Gasteiger partial charge in [-0.1, -0.05) is 47.5 Å². The molecule has 0 aliphatic heterocycles. The van der Waals surface area contributed by atoms with Crippen LogP contribution >= 0.6 is 23.2 Å². The molecular weight excluding hydrogens is 419 g/mol. The summed E-state index contributed by atoms with van der Waals surface area (Å²) in [6, 6.07) is 13.2. The molecule has 0 saturated heterocycles. The first-order chi connectivity index (χ1) is 14.4. The summed E-state index contributed by atoms with van der Waals surface area (Å²) in [5.41, 5.74) is 9.72. The van der Waals surface area contributed by atoms with E-state index in [4.69, 9.17) is 28.9 Å². The summed E-state index contributed by atoms with van der Waals surface area (Å²) in [7, 11) is 0. The van der Waals surface area contributed by atoms with Gasteiger partial charge in [0.25, 0.3) is 0 Å². The number of nitriles is 1. The predicted octanol–water partition coefficient (Wildman–Crippen LogP) is 5.67. The molecule has 4 N–H and O–H groups in total. The van der Waals surface area contributed by atoms with Crippen molar-refractivity contribution in [3.8, 4) is 6.07 Å². The zero-order valence-electron chi connectivity index (χ0n) is 16.3. The molecule has 6 nitrogen and oxygen atoms in total. The summed E-state index contributed by atoms with van der Waals surface area (Å²) >= 11 is 12.5. The number of nitrogens with one attached hydrogen (secondary N) is 2. The Morgan fingerprint density at radius 2 is 1.90 bits per heavy atom. The maximum Gasteiger partial charge on any atom is 0.159 e. The molecule has 152 valence electrons. The highest BCUT2D eigenvalue weighted by Crippen LogP contribution is 2.36. The van der Waals surface area contributed by atoms with Crippen LogP contribution in [0.5, 0.6) is 0 Å². The molecule has 0 spiro atoms. The van der Waals surface area contributed by atoms with Gasteiger partial charge in [-0.05, 0) is 41.8 Å². The molecule has 0 aliphatic rings. The van der Waals surface area contributed by atoms with Gasteiger partial charge in [0.15, 0.2) is 11.6 Å². The van der Waals surface area contributed by atoms with Crippen LogP contribution in [0.4, 0.5) is 23.0 Å². The highest BCUT2D eigenvalue weighted by molar-refractivity contribution is 6.32. The molecule has 8 heteroatoms. The van der Waals surface area contributed by atoms with Gasteiger partial charge in [0.1, 0.15) is 12.0 Å². The molecule has 1 heterocycles. The third-order valence-electron chi connectivity index (χ3n) is 4.54. The molecule has 1 aromatic heterocycles. The number of nitrogen functional groups attached to an aromatic ring is 1. The molecule has 30 heavy (non-hydrogen) atoms. The van der Waals surface area contributed by atoms with E-state index in [1.807, 2.05) is 25.1 Å². The fourth-order valence-corrected chi connectivity index (χ4v) is 3.37. The van der Waals surface area contributed by atoms with Gasteiger partial charge in [-0.3, -0.25) is 0 Å². The van der Waals surface area contributed by atoms with E-state index in [1.54, 1.807) is 24.3 Å². The normalized spacial score (nSPS) is 11.4. The molecule has 3 aromatic rings. The van der Waals surface area contributed by atoms with Crippen LogP contribution in [-0.2, 0) is 0 Å². The van der Waals surface area contributed by atoms with Gasteiger partial charge in [-0.25, -0.2) is 9.97 Å². The smallest absolute Gasteiger partial charge is 0.159 e. The first-order valence-electron chi connectivity index (χ1n) is 9.12. The number of hydrogen-bond donors (Lipinski definition) is 3. The van der Waals surface area contributed by atoms with Crippen LogP contribution in [0.1, 0.15) is 22.6 Å². The number of benzene rings is 2. The second-order valence-electron chi connectivity index (χ2n) is 6.58. The molecule has 0 aliphatic carbocycles. The lowest BCUT2D eigenvalue weighted by atomic mass is 9.91. The highest BCUT2D eigenvalue weighted by Gasteiger charge is 2.19. The number of anilines is 4. The van der Waals surface area contributed by atoms with E-state index in [2.05, 4.69) is 33.2 Å². The van der Waals surface area contributed by atoms with Crippen LogP contribution in [0.3, 0.4) is 0 Å². The fourth-order valence-electron chi connectivity index (χ4n) is 2.97. The summed E-state index contributed by atoms with van der Waals surface area (Å²) in [6.45, 7) is 6.12. The number of hydrogen-bond acceptors (Lipinski definition) is 6. The van der Waals surface area contributed by atoms with Crippen molar-refractivity contribution in [3.63, 3.8) is 0 Å². The lowest BCUT2D eigenvalue weighted by molar-refractivity contribution is 1.03. The average Bonchev–Trinajstić information content (AvgIpc) is 2.73. The van der Waals surface area contributed by atoms with Crippen molar-refractivity contribution in [2.75, 3.05) is 22.9 Å². The van der Waals surface area contributed by atoms with E-state index in [9.17, 15) is 5.26 Å². The van der Waals surface area contributed by atoms with Crippen molar-refractivity contribution in [3.05, 3.63) is 82.1 Å². The minimum absolute atomic E-state index is 0.384. The Morgan fingerprint density at radius 3 is 2.57 bits per heavy atom. The van der Waals surface area contributed by atoms with Gasteiger partial charge in [0.05, 0.1) is 12.0 Å². The van der Waals surface area contributed by atoms with E-state index >= 15 is 0 Å². The standard InChI is InChI=1S/C22H20Cl2N6/c1-3-8-27-21-20(26)22(29-12-28-21)30-19-10-18(24)16(9-13(19)2)17(11-25)14-4-6-15(23)7-5-14/h3-7,9-10,12,17H,1,8,26H2,2H3,(H2,27,28,29,30). The number of nitrogens with zero attached hydrogens (tertiary/aromatic N) is 3. The van der Waals surface area contributed by atoms with Crippen molar-refractivity contribution < 1.29 is 0 Å². The largest absolute Gasteiger partial charge is 0.393 e. The van der Waals surface area contributed by atoms with Crippen LogP contribution in [0.2, 0.25) is 10.0 Å². The lowest BCUT2D eigenvalue weighted by Gasteiger charge is -2.17. The third-order valence-corrected chi connectivity index (χ3v) is 5.12. The van der Waals surface area contributed by atoms with Gasteiger partial charge in [-0.2, -0.15) is 5.26 Å². The summed E-state index contributed by atoms with van der Waals surface area (Å²) in [6.07, 6.45) is 3.13. The molecular formula is C22H20Cl2N6. The molecule has 3 rings (SSSR count). The van der Waals surface area contributed by atoms with Gasteiger partial charge < -0.3 is 16.4 Å². The number of aryl methyl sites for hydroxylation is 1. The van der Waals surface area contributed by atoms with Crippen molar-refractivity contribution in [1.82, 2.24) is 9.97 Å². The topological polar surface area (TPSA) is 99.6 Å². The Hall–Kier alpha value is -3.27. The lowest BCUT2D eigenvalue weighted by Crippen LogP contribution is -2.08. The zero-order valence-corrected chi connectivity index (χ0v) is 17.8. The van der Waals surface area contributed by atoms with Gasteiger partial charge in [-0.15, -0.1) is 6.58 Å². The Bertz CT molecular complexity index is 1110. The van der Waals surface area contributed by atoms with E-state index in [0.717, 1.165) is 16.8 Å². The van der Waals surface area contributed by atoms with E-state index in [0.29, 0.717) is 39.5 Å². The SMILES string of the molecule is C=CCNc1ncnc(Nc2cc(Cl)c(C(C#N)c3ccc(Cl)cc3)cc2C)c1N. The third kappa shape index (κ3) is 4.65. The van der Waals surface area contributed by atoms with Crippen LogP contribution in [0, 0.1) is 18.3 Å². The predicted molar refractivity (Wildman–Crippen MR) is 124 cm³/mol. The van der Waals surface area contributed by atoms with E-state index in [1.165, 1.54) is 6.33 Å². The number of rotatable bonds is 7.